The highest BCUT2D eigenvalue weighted by Crippen LogP contribution is 2.30. The smallest absolute Gasteiger partial charge is 0.242 e. The van der Waals surface area contributed by atoms with Crippen LogP contribution >= 0.6 is 0 Å². The highest BCUT2D eigenvalue weighted by molar-refractivity contribution is 5.85. The van der Waals surface area contributed by atoms with Crippen LogP contribution in [0.5, 0.6) is 0 Å². The molecule has 4 rings (SSSR count). The number of hydrogen-bond acceptors (Lipinski definition) is 6. The summed E-state index contributed by atoms with van der Waals surface area (Å²) in [4.78, 5) is 18.8. The van der Waals surface area contributed by atoms with Crippen LogP contribution in [0.4, 0.5) is 10.1 Å². The fraction of sp³-hybridized carbons (Fsp3) is 0.550. The number of carbonyl (C=O) groups is 1. The van der Waals surface area contributed by atoms with Gasteiger partial charge in [-0.3, -0.25) is 4.79 Å². The lowest BCUT2D eigenvalue weighted by Crippen LogP contribution is -2.51. The molecule has 0 bridgehead atoms. The van der Waals surface area contributed by atoms with Crippen molar-refractivity contribution >= 4 is 11.6 Å². The molecular formula is C20H25FN4O3. The fourth-order valence-electron chi connectivity index (χ4n) is 3.93. The number of anilines is 1. The van der Waals surface area contributed by atoms with Crippen molar-refractivity contribution < 1.29 is 18.4 Å². The average Bonchev–Trinajstić information content (AvgIpc) is 3.38. The van der Waals surface area contributed by atoms with Crippen molar-refractivity contribution in [2.24, 2.45) is 0 Å². The Hall–Kier alpha value is -2.48. The van der Waals surface area contributed by atoms with Gasteiger partial charge < -0.3 is 19.5 Å². The third-order valence-electron chi connectivity index (χ3n) is 5.38. The van der Waals surface area contributed by atoms with Crippen LogP contribution in [-0.4, -0.2) is 47.9 Å². The third-order valence-corrected chi connectivity index (χ3v) is 5.38. The zero-order valence-electron chi connectivity index (χ0n) is 16.0. The Morgan fingerprint density at radius 3 is 2.93 bits per heavy atom. The van der Waals surface area contributed by atoms with Gasteiger partial charge in [0, 0.05) is 32.2 Å². The van der Waals surface area contributed by atoms with E-state index in [4.69, 9.17) is 9.26 Å². The van der Waals surface area contributed by atoms with Crippen LogP contribution in [0, 0.1) is 12.7 Å². The van der Waals surface area contributed by atoms with Crippen molar-refractivity contribution in [3.8, 4) is 11.4 Å². The van der Waals surface area contributed by atoms with Crippen molar-refractivity contribution in [3.63, 3.8) is 0 Å². The molecule has 28 heavy (non-hydrogen) atoms. The Morgan fingerprint density at radius 2 is 2.21 bits per heavy atom. The summed E-state index contributed by atoms with van der Waals surface area (Å²) >= 11 is 0. The first kappa shape index (κ1) is 18.9. The second-order valence-electron chi connectivity index (χ2n) is 7.39. The number of carbonyl (C=O) groups excluding carboxylic acids is 1. The number of rotatable bonds is 5. The van der Waals surface area contributed by atoms with Crippen LogP contribution < -0.4 is 10.2 Å². The lowest BCUT2D eigenvalue weighted by molar-refractivity contribution is -0.123. The molecule has 1 amide bonds. The molecule has 0 spiro atoms. The van der Waals surface area contributed by atoms with E-state index in [0.717, 1.165) is 32.3 Å². The van der Waals surface area contributed by atoms with Gasteiger partial charge in [0.2, 0.25) is 17.6 Å². The number of nitrogens with zero attached hydrogens (tertiary/aromatic N) is 3. The molecule has 2 fully saturated rings. The Bertz CT molecular complexity index is 835. The van der Waals surface area contributed by atoms with E-state index in [9.17, 15) is 9.18 Å². The summed E-state index contributed by atoms with van der Waals surface area (Å²) in [7, 11) is 0. The molecular weight excluding hydrogens is 363 g/mol. The van der Waals surface area contributed by atoms with Crippen LogP contribution in [-0.2, 0) is 9.53 Å². The minimum Gasteiger partial charge on any atom is -0.376 e. The van der Waals surface area contributed by atoms with Crippen LogP contribution in [0.1, 0.15) is 38.0 Å². The van der Waals surface area contributed by atoms with Crippen molar-refractivity contribution in [1.29, 1.82) is 0 Å². The minimum absolute atomic E-state index is 0.0625. The summed E-state index contributed by atoms with van der Waals surface area (Å²) in [6.07, 6.45) is 4.70. The number of hydrogen-bond donors (Lipinski definition) is 1. The quantitative estimate of drug-likeness (QED) is 0.848. The van der Waals surface area contributed by atoms with Gasteiger partial charge in [-0.15, -0.1) is 0 Å². The number of piperidine rings is 1. The number of amides is 1. The van der Waals surface area contributed by atoms with Gasteiger partial charge in [-0.1, -0.05) is 5.16 Å². The SMILES string of the molecule is Cc1nc(-c2ccc(N3CCCCC3C(=O)NCC3CCCO3)c(F)c2)no1. The second-order valence-corrected chi connectivity index (χ2v) is 7.39. The van der Waals surface area contributed by atoms with Crippen molar-refractivity contribution in [1.82, 2.24) is 15.5 Å². The van der Waals surface area contributed by atoms with Gasteiger partial charge in [-0.05, 0) is 50.3 Å². The molecule has 1 aromatic carbocycles. The van der Waals surface area contributed by atoms with Crippen molar-refractivity contribution in [2.45, 2.75) is 51.2 Å². The summed E-state index contributed by atoms with van der Waals surface area (Å²) in [5, 5.41) is 6.83. The maximum absolute atomic E-state index is 14.9. The van der Waals surface area contributed by atoms with Crippen LogP contribution in [0.2, 0.25) is 0 Å². The van der Waals surface area contributed by atoms with Gasteiger partial charge in [0.15, 0.2) is 0 Å². The molecule has 1 N–H and O–H groups in total. The van der Waals surface area contributed by atoms with Crippen molar-refractivity contribution in [3.05, 3.63) is 29.9 Å². The van der Waals surface area contributed by atoms with Gasteiger partial charge in [0.05, 0.1) is 11.8 Å². The lowest BCUT2D eigenvalue weighted by Gasteiger charge is -2.36. The molecule has 2 aromatic rings. The molecule has 2 aliphatic heterocycles. The van der Waals surface area contributed by atoms with E-state index < -0.39 is 5.82 Å². The summed E-state index contributed by atoms with van der Waals surface area (Å²) in [6.45, 7) is 3.61. The van der Waals surface area contributed by atoms with Gasteiger partial charge in [0.1, 0.15) is 11.9 Å². The Labute approximate surface area is 163 Å². The highest BCUT2D eigenvalue weighted by Gasteiger charge is 2.31. The third kappa shape index (κ3) is 4.01. The Balaban J connectivity index is 1.49. The largest absolute Gasteiger partial charge is 0.376 e. The van der Waals surface area contributed by atoms with Crippen LogP contribution in [0.15, 0.2) is 22.7 Å². The van der Waals surface area contributed by atoms with Crippen LogP contribution in [0.3, 0.4) is 0 Å². The summed E-state index contributed by atoms with van der Waals surface area (Å²) in [6, 6.07) is 4.49. The number of aromatic nitrogens is 2. The maximum atomic E-state index is 14.9. The second kappa shape index (κ2) is 8.26. The van der Waals surface area contributed by atoms with Crippen molar-refractivity contribution in [2.75, 3.05) is 24.6 Å². The zero-order valence-corrected chi connectivity index (χ0v) is 16.0. The first-order valence-corrected chi connectivity index (χ1v) is 9.88. The van der Waals surface area contributed by atoms with E-state index in [1.54, 1.807) is 19.1 Å². The highest BCUT2D eigenvalue weighted by atomic mass is 19.1. The van der Waals surface area contributed by atoms with Gasteiger partial charge >= 0.3 is 0 Å². The minimum atomic E-state index is -0.390. The monoisotopic (exact) mass is 388 g/mol. The molecule has 2 unspecified atom stereocenters. The Morgan fingerprint density at radius 1 is 1.32 bits per heavy atom. The lowest BCUT2D eigenvalue weighted by atomic mass is 9.99. The molecule has 150 valence electrons. The first-order chi connectivity index (χ1) is 13.6. The summed E-state index contributed by atoms with van der Waals surface area (Å²) < 4.78 is 25.5. The standard InChI is InChI=1S/C20H25FN4O3/c1-13-23-19(24-28-13)14-7-8-17(16(21)11-14)25-9-3-2-6-18(25)20(26)22-12-15-5-4-10-27-15/h7-8,11,15,18H,2-6,9-10,12H2,1H3,(H,22,26). The number of halogens is 1. The average molecular weight is 388 g/mol. The molecule has 0 saturated carbocycles. The fourth-order valence-corrected chi connectivity index (χ4v) is 3.93. The first-order valence-electron chi connectivity index (χ1n) is 9.88. The van der Waals surface area contributed by atoms with E-state index in [-0.39, 0.29) is 18.1 Å². The topological polar surface area (TPSA) is 80.5 Å². The predicted molar refractivity (Wildman–Crippen MR) is 101 cm³/mol. The number of ether oxygens (including phenoxy) is 1. The van der Waals surface area contributed by atoms with Gasteiger partial charge in [0.25, 0.3) is 0 Å². The van der Waals surface area contributed by atoms with Crippen LogP contribution in [0.25, 0.3) is 11.4 Å². The summed E-state index contributed by atoms with van der Waals surface area (Å²) in [5.74, 6) is 0.331. The van der Waals surface area contributed by atoms with E-state index in [1.165, 1.54) is 6.07 Å². The zero-order chi connectivity index (χ0) is 19.5. The molecule has 8 heteroatoms. The molecule has 0 aliphatic carbocycles. The normalized spacial score (nSPS) is 22.4. The number of aryl methyl sites for hydroxylation is 1. The molecule has 7 nitrogen and oxygen atoms in total. The van der Waals surface area contributed by atoms with Gasteiger partial charge in [-0.2, -0.15) is 4.98 Å². The van der Waals surface area contributed by atoms with Gasteiger partial charge in [-0.25, -0.2) is 4.39 Å². The molecule has 2 saturated heterocycles. The number of nitrogens with one attached hydrogen (secondary N) is 1. The summed E-state index contributed by atoms with van der Waals surface area (Å²) in [5.41, 5.74) is 0.982. The molecule has 0 radical (unpaired) electrons. The molecule has 2 aliphatic rings. The molecule has 2 atom stereocenters. The molecule has 1 aromatic heterocycles. The molecule has 3 heterocycles. The number of benzene rings is 1. The van der Waals surface area contributed by atoms with E-state index >= 15 is 0 Å². The van der Waals surface area contributed by atoms with E-state index in [0.29, 0.717) is 42.5 Å². The van der Waals surface area contributed by atoms with E-state index in [2.05, 4.69) is 15.5 Å². The maximum Gasteiger partial charge on any atom is 0.242 e. The Kier molecular flexibility index (Phi) is 5.57. The van der Waals surface area contributed by atoms with E-state index in [1.807, 2.05) is 4.90 Å². The predicted octanol–water partition coefficient (Wildman–Crippen LogP) is 2.84.